The van der Waals surface area contributed by atoms with Gasteiger partial charge in [0.25, 0.3) is 0 Å². The standard InChI is InChI=1S/C14H17ClN4OS/c1-10-12(21-9-17-10)5-6-19(2)8-14(20)18-13-4-3-11(15)7-16-13/h3-4,7,9H,5-6,8H2,1-2H3,(H,16,18,20). The van der Waals surface area contributed by atoms with Crippen LogP contribution in [0.5, 0.6) is 0 Å². The van der Waals surface area contributed by atoms with Crippen molar-refractivity contribution in [2.75, 3.05) is 25.5 Å². The number of nitrogens with one attached hydrogen (secondary N) is 1. The van der Waals surface area contributed by atoms with Crippen molar-refractivity contribution in [3.05, 3.63) is 39.4 Å². The van der Waals surface area contributed by atoms with Gasteiger partial charge in [-0.15, -0.1) is 11.3 Å². The minimum Gasteiger partial charge on any atom is -0.310 e. The van der Waals surface area contributed by atoms with Gasteiger partial charge >= 0.3 is 0 Å². The third-order valence-corrected chi connectivity index (χ3v) is 4.19. The fourth-order valence-electron chi connectivity index (χ4n) is 1.81. The van der Waals surface area contributed by atoms with Crippen LogP contribution in [0, 0.1) is 6.92 Å². The molecule has 0 aliphatic heterocycles. The van der Waals surface area contributed by atoms with Crippen molar-refractivity contribution >= 4 is 34.7 Å². The first-order valence-electron chi connectivity index (χ1n) is 6.53. The average Bonchev–Trinajstić information content (AvgIpc) is 2.84. The van der Waals surface area contributed by atoms with Crippen LogP contribution in [0.2, 0.25) is 5.02 Å². The molecule has 1 N–H and O–H groups in total. The fourth-order valence-corrected chi connectivity index (χ4v) is 2.70. The van der Waals surface area contributed by atoms with Gasteiger partial charge in [-0.1, -0.05) is 11.6 Å². The predicted molar refractivity (Wildman–Crippen MR) is 85.9 cm³/mol. The minimum absolute atomic E-state index is 0.0895. The lowest BCUT2D eigenvalue weighted by Gasteiger charge is -2.15. The quantitative estimate of drug-likeness (QED) is 0.887. The zero-order chi connectivity index (χ0) is 15.2. The minimum atomic E-state index is -0.0895. The zero-order valence-corrected chi connectivity index (χ0v) is 13.5. The van der Waals surface area contributed by atoms with Crippen LogP contribution in [0.3, 0.4) is 0 Å². The van der Waals surface area contributed by atoms with Gasteiger partial charge in [-0.25, -0.2) is 9.97 Å². The number of carbonyl (C=O) groups excluding carboxylic acids is 1. The molecule has 0 atom stereocenters. The Hall–Kier alpha value is -1.50. The predicted octanol–water partition coefficient (Wildman–Crippen LogP) is 2.61. The molecule has 2 heterocycles. The molecule has 2 aromatic rings. The number of anilines is 1. The van der Waals surface area contributed by atoms with E-state index in [1.54, 1.807) is 23.5 Å². The largest absolute Gasteiger partial charge is 0.310 e. The lowest BCUT2D eigenvalue weighted by atomic mass is 10.3. The third kappa shape index (κ3) is 5.08. The number of rotatable bonds is 6. The summed E-state index contributed by atoms with van der Waals surface area (Å²) in [5, 5.41) is 3.29. The van der Waals surface area contributed by atoms with E-state index in [0.29, 0.717) is 17.4 Å². The Morgan fingerprint density at radius 2 is 2.24 bits per heavy atom. The summed E-state index contributed by atoms with van der Waals surface area (Å²) >= 11 is 7.40. The second-order valence-corrected chi connectivity index (χ2v) is 6.13. The van der Waals surface area contributed by atoms with Crippen LogP contribution in [-0.4, -0.2) is 40.9 Å². The normalized spacial score (nSPS) is 10.9. The highest BCUT2D eigenvalue weighted by Crippen LogP contribution is 2.13. The van der Waals surface area contributed by atoms with Crippen LogP contribution in [0.1, 0.15) is 10.6 Å². The van der Waals surface area contributed by atoms with E-state index in [9.17, 15) is 4.79 Å². The molecular formula is C14H17ClN4OS. The molecule has 0 fully saturated rings. The van der Waals surface area contributed by atoms with Crippen molar-refractivity contribution in [3.8, 4) is 0 Å². The van der Waals surface area contributed by atoms with Gasteiger partial charge in [-0.3, -0.25) is 9.69 Å². The summed E-state index contributed by atoms with van der Waals surface area (Å²) in [5.74, 6) is 0.421. The molecule has 0 aromatic carbocycles. The van der Waals surface area contributed by atoms with E-state index in [1.807, 2.05) is 24.4 Å². The van der Waals surface area contributed by atoms with E-state index in [1.165, 1.54) is 11.1 Å². The van der Waals surface area contributed by atoms with Crippen LogP contribution in [-0.2, 0) is 11.2 Å². The van der Waals surface area contributed by atoms with Gasteiger partial charge in [0.15, 0.2) is 0 Å². The Bertz CT molecular complexity index is 599. The summed E-state index contributed by atoms with van der Waals surface area (Å²) < 4.78 is 0. The average molecular weight is 325 g/mol. The van der Waals surface area contributed by atoms with Crippen LogP contribution in [0.4, 0.5) is 5.82 Å². The van der Waals surface area contributed by atoms with Crippen molar-refractivity contribution in [1.82, 2.24) is 14.9 Å². The molecule has 0 saturated heterocycles. The summed E-state index contributed by atoms with van der Waals surface area (Å²) in [5.41, 5.74) is 2.92. The fraction of sp³-hybridized carbons (Fsp3) is 0.357. The Labute approximate surface area is 133 Å². The number of pyridine rings is 1. The van der Waals surface area contributed by atoms with Gasteiger partial charge in [0.05, 0.1) is 22.8 Å². The number of thiazole rings is 1. The molecule has 1 amide bonds. The molecule has 21 heavy (non-hydrogen) atoms. The number of likely N-dealkylation sites (N-methyl/N-ethyl adjacent to an activating group) is 1. The van der Waals surface area contributed by atoms with Crippen molar-refractivity contribution in [2.45, 2.75) is 13.3 Å². The van der Waals surface area contributed by atoms with Gasteiger partial charge in [-0.05, 0) is 32.5 Å². The molecule has 2 rings (SSSR count). The maximum absolute atomic E-state index is 11.9. The number of halogens is 1. The van der Waals surface area contributed by atoms with E-state index in [-0.39, 0.29) is 5.91 Å². The lowest BCUT2D eigenvalue weighted by Crippen LogP contribution is -2.31. The molecule has 2 aromatic heterocycles. The van der Waals surface area contributed by atoms with Crippen molar-refractivity contribution in [2.24, 2.45) is 0 Å². The van der Waals surface area contributed by atoms with Crippen LogP contribution < -0.4 is 5.32 Å². The van der Waals surface area contributed by atoms with Gasteiger partial charge in [0.1, 0.15) is 5.82 Å². The number of carbonyl (C=O) groups is 1. The van der Waals surface area contributed by atoms with E-state index in [2.05, 4.69) is 15.3 Å². The molecule has 0 bridgehead atoms. The highest BCUT2D eigenvalue weighted by molar-refractivity contribution is 7.09. The van der Waals surface area contributed by atoms with Gasteiger partial charge in [-0.2, -0.15) is 0 Å². The molecule has 0 aliphatic carbocycles. The number of aromatic nitrogens is 2. The van der Waals surface area contributed by atoms with E-state index in [4.69, 9.17) is 11.6 Å². The summed E-state index contributed by atoms with van der Waals surface area (Å²) in [6, 6.07) is 3.38. The third-order valence-electron chi connectivity index (χ3n) is 2.97. The Morgan fingerprint density at radius 1 is 1.43 bits per heavy atom. The van der Waals surface area contributed by atoms with Crippen LogP contribution in [0.25, 0.3) is 0 Å². The number of hydrogen-bond acceptors (Lipinski definition) is 5. The smallest absolute Gasteiger partial charge is 0.239 e. The summed E-state index contributed by atoms with van der Waals surface area (Å²) in [6.45, 7) is 3.14. The summed E-state index contributed by atoms with van der Waals surface area (Å²) in [7, 11) is 1.92. The van der Waals surface area contributed by atoms with E-state index in [0.717, 1.165) is 18.7 Å². The zero-order valence-electron chi connectivity index (χ0n) is 12.0. The number of hydrogen-bond donors (Lipinski definition) is 1. The molecular weight excluding hydrogens is 308 g/mol. The summed E-state index contributed by atoms with van der Waals surface area (Å²) in [4.78, 5) is 23.4. The molecule has 0 spiro atoms. The highest BCUT2D eigenvalue weighted by atomic mass is 35.5. The summed E-state index contributed by atoms with van der Waals surface area (Å²) in [6.07, 6.45) is 2.41. The van der Waals surface area contributed by atoms with Gasteiger partial charge in [0.2, 0.25) is 5.91 Å². The van der Waals surface area contributed by atoms with E-state index < -0.39 is 0 Å². The highest BCUT2D eigenvalue weighted by Gasteiger charge is 2.09. The monoisotopic (exact) mass is 324 g/mol. The topological polar surface area (TPSA) is 58.1 Å². The van der Waals surface area contributed by atoms with Crippen molar-refractivity contribution in [1.29, 1.82) is 0 Å². The maximum Gasteiger partial charge on any atom is 0.239 e. The molecule has 112 valence electrons. The SMILES string of the molecule is Cc1ncsc1CCN(C)CC(=O)Nc1ccc(Cl)cn1. The van der Waals surface area contributed by atoms with E-state index >= 15 is 0 Å². The Kier molecular flexibility index (Phi) is 5.67. The van der Waals surface area contributed by atoms with Crippen molar-refractivity contribution < 1.29 is 4.79 Å². The van der Waals surface area contributed by atoms with Crippen LogP contribution in [0.15, 0.2) is 23.8 Å². The first-order valence-corrected chi connectivity index (χ1v) is 7.79. The van der Waals surface area contributed by atoms with Gasteiger partial charge < -0.3 is 5.32 Å². The maximum atomic E-state index is 11.9. The molecule has 0 saturated carbocycles. The van der Waals surface area contributed by atoms with Gasteiger partial charge in [0, 0.05) is 17.6 Å². The molecule has 5 nitrogen and oxygen atoms in total. The number of nitrogens with zero attached hydrogens (tertiary/aromatic N) is 3. The molecule has 0 aliphatic rings. The second kappa shape index (κ2) is 7.49. The van der Waals surface area contributed by atoms with Crippen LogP contribution >= 0.6 is 22.9 Å². The molecule has 0 unspecified atom stereocenters. The Balaban J connectivity index is 1.76. The first-order chi connectivity index (χ1) is 10.0. The van der Waals surface area contributed by atoms with Crippen molar-refractivity contribution in [3.63, 3.8) is 0 Å². The molecule has 0 radical (unpaired) electrons. The number of aryl methyl sites for hydroxylation is 1. The number of amides is 1. The lowest BCUT2D eigenvalue weighted by molar-refractivity contribution is -0.117. The second-order valence-electron chi connectivity index (χ2n) is 4.76. The first kappa shape index (κ1) is 15.9. The Morgan fingerprint density at radius 3 is 2.86 bits per heavy atom. The molecule has 7 heteroatoms.